The van der Waals surface area contributed by atoms with Gasteiger partial charge in [-0.1, -0.05) is 54.1 Å². The van der Waals surface area contributed by atoms with E-state index in [1.165, 1.54) is 0 Å². The van der Waals surface area contributed by atoms with Gasteiger partial charge in [0.25, 0.3) is 11.8 Å². The van der Waals surface area contributed by atoms with Crippen LogP contribution in [0.3, 0.4) is 0 Å². The first-order chi connectivity index (χ1) is 17.5. The fourth-order valence-corrected chi connectivity index (χ4v) is 4.66. The molecule has 1 aliphatic heterocycles. The number of hydrogen-bond acceptors (Lipinski definition) is 4. The van der Waals surface area contributed by atoms with Crippen molar-refractivity contribution in [3.63, 3.8) is 0 Å². The van der Waals surface area contributed by atoms with E-state index in [9.17, 15) is 9.59 Å². The van der Waals surface area contributed by atoms with Gasteiger partial charge in [-0.3, -0.25) is 9.59 Å². The highest BCUT2D eigenvalue weighted by Gasteiger charge is 2.29. The Bertz CT molecular complexity index is 1200. The van der Waals surface area contributed by atoms with E-state index in [1.54, 1.807) is 49.4 Å². The van der Waals surface area contributed by atoms with Crippen LogP contribution in [0.15, 0.2) is 72.8 Å². The Balaban J connectivity index is 1.73. The monoisotopic (exact) mass is 506 g/mol. The Labute approximate surface area is 217 Å². The zero-order valence-corrected chi connectivity index (χ0v) is 21.4. The molecule has 4 rings (SSSR count). The van der Waals surface area contributed by atoms with E-state index in [0.717, 1.165) is 18.4 Å². The Hall–Kier alpha value is -3.51. The van der Waals surface area contributed by atoms with E-state index in [1.807, 2.05) is 47.4 Å². The van der Waals surface area contributed by atoms with Gasteiger partial charge in [0, 0.05) is 25.2 Å². The van der Waals surface area contributed by atoms with Crippen LogP contribution >= 0.6 is 11.6 Å². The second-order valence-corrected chi connectivity index (χ2v) is 9.36. The average Bonchev–Trinajstić information content (AvgIpc) is 2.90. The number of fused-ring (bicyclic) bond motifs is 1. The highest BCUT2D eigenvalue weighted by atomic mass is 35.5. The summed E-state index contributed by atoms with van der Waals surface area (Å²) in [6, 6.07) is 22.2. The predicted molar refractivity (Wildman–Crippen MR) is 141 cm³/mol. The highest BCUT2D eigenvalue weighted by Crippen LogP contribution is 2.27. The van der Waals surface area contributed by atoms with Crippen LogP contribution in [-0.2, 0) is 6.42 Å². The van der Waals surface area contributed by atoms with Gasteiger partial charge in [0.15, 0.2) is 0 Å². The summed E-state index contributed by atoms with van der Waals surface area (Å²) in [6.45, 7) is 1.32. The summed E-state index contributed by atoms with van der Waals surface area (Å²) in [5, 5.41) is 0.472. The number of carbonyl (C=O) groups excluding carboxylic acids is 2. The first kappa shape index (κ1) is 25.6. The fraction of sp³-hybridized carbons (Fsp3) is 0.310. The molecule has 6 nitrogen and oxygen atoms in total. The number of para-hydroxylation sites is 1. The molecule has 1 aliphatic rings. The Morgan fingerprint density at radius 3 is 2.53 bits per heavy atom. The van der Waals surface area contributed by atoms with Crippen LogP contribution in [0.4, 0.5) is 0 Å². The summed E-state index contributed by atoms with van der Waals surface area (Å²) < 4.78 is 11.8. The molecule has 2 amide bonds. The van der Waals surface area contributed by atoms with Gasteiger partial charge >= 0.3 is 0 Å². The normalized spacial score (nSPS) is 16.9. The first-order valence-electron chi connectivity index (χ1n) is 12.1. The summed E-state index contributed by atoms with van der Waals surface area (Å²) in [5.41, 5.74) is 2.04. The van der Waals surface area contributed by atoms with E-state index < -0.39 is 0 Å². The lowest BCUT2D eigenvalue weighted by atomic mass is 10.0. The summed E-state index contributed by atoms with van der Waals surface area (Å²) >= 11 is 6.22. The van der Waals surface area contributed by atoms with Crippen LogP contribution in [0.5, 0.6) is 11.5 Å². The SMILES string of the molecule is COc1ccccc1C(=O)N1CCCCN(C)C(=O)c2cc(Cl)ccc2OC[C@H]1Cc1ccccc1. The van der Waals surface area contributed by atoms with Gasteiger partial charge in [0.05, 0.1) is 24.3 Å². The molecule has 1 atom stereocenters. The average molecular weight is 507 g/mol. The standard InChI is InChI=1S/C29H31ClN2O4/c1-31-16-8-9-17-32(29(34)24-12-6-7-13-26(24)35-2)23(18-21-10-4-3-5-11-21)20-36-27-15-14-22(30)19-25(27)28(31)33/h3-7,10-15,19,23H,8-9,16-18,20H2,1-2H3/t23-/m1/s1. The van der Waals surface area contributed by atoms with E-state index in [0.29, 0.717) is 47.2 Å². The molecular weight excluding hydrogens is 476 g/mol. The number of methoxy groups -OCH3 is 1. The number of benzene rings is 3. The minimum Gasteiger partial charge on any atom is -0.496 e. The smallest absolute Gasteiger partial charge is 0.257 e. The van der Waals surface area contributed by atoms with Crippen molar-refractivity contribution in [3.05, 3.63) is 94.5 Å². The van der Waals surface area contributed by atoms with Crippen LogP contribution in [0, 0.1) is 0 Å². The van der Waals surface area contributed by atoms with Gasteiger partial charge < -0.3 is 19.3 Å². The lowest BCUT2D eigenvalue weighted by molar-refractivity contribution is 0.0587. The lowest BCUT2D eigenvalue weighted by Gasteiger charge is -2.33. The first-order valence-corrected chi connectivity index (χ1v) is 12.5. The van der Waals surface area contributed by atoms with Crippen molar-refractivity contribution < 1.29 is 19.1 Å². The Morgan fingerprint density at radius 1 is 1.03 bits per heavy atom. The van der Waals surface area contributed by atoms with Crippen LogP contribution in [-0.4, -0.2) is 61.5 Å². The van der Waals surface area contributed by atoms with Gasteiger partial charge in [-0.05, 0) is 55.2 Å². The maximum atomic E-state index is 13.9. The largest absolute Gasteiger partial charge is 0.496 e. The van der Waals surface area contributed by atoms with Crippen molar-refractivity contribution in [2.75, 3.05) is 33.9 Å². The predicted octanol–water partition coefficient (Wildman–Crippen LogP) is 5.35. The molecule has 7 heteroatoms. The second-order valence-electron chi connectivity index (χ2n) is 8.93. The van der Waals surface area contributed by atoms with Crippen molar-refractivity contribution >= 4 is 23.4 Å². The number of amides is 2. The molecule has 0 bridgehead atoms. The van der Waals surface area contributed by atoms with Gasteiger partial charge in [0.1, 0.15) is 18.1 Å². The van der Waals surface area contributed by atoms with Crippen LogP contribution < -0.4 is 9.47 Å². The topological polar surface area (TPSA) is 59.1 Å². The molecule has 3 aromatic rings. The van der Waals surface area contributed by atoms with Crippen molar-refractivity contribution in [3.8, 4) is 11.5 Å². The molecule has 0 unspecified atom stereocenters. The minimum atomic E-state index is -0.263. The third-order valence-corrected chi connectivity index (χ3v) is 6.68. The molecule has 0 saturated carbocycles. The van der Waals surface area contributed by atoms with Crippen LogP contribution in [0.1, 0.15) is 39.1 Å². The number of hydrogen-bond donors (Lipinski definition) is 0. The molecular formula is C29H31ClN2O4. The van der Waals surface area contributed by atoms with E-state index in [-0.39, 0.29) is 24.5 Å². The third kappa shape index (κ3) is 6.00. The van der Waals surface area contributed by atoms with Crippen molar-refractivity contribution in [1.82, 2.24) is 9.80 Å². The maximum absolute atomic E-state index is 13.9. The Morgan fingerprint density at radius 2 is 1.75 bits per heavy atom. The minimum absolute atomic E-state index is 0.102. The molecule has 0 radical (unpaired) electrons. The van der Waals surface area contributed by atoms with Gasteiger partial charge in [-0.15, -0.1) is 0 Å². The molecule has 0 saturated heterocycles. The molecule has 188 valence electrons. The number of rotatable bonds is 4. The Kier molecular flexibility index (Phi) is 8.49. The molecule has 0 aliphatic carbocycles. The highest BCUT2D eigenvalue weighted by molar-refractivity contribution is 6.31. The van der Waals surface area contributed by atoms with E-state index in [4.69, 9.17) is 21.1 Å². The fourth-order valence-electron chi connectivity index (χ4n) is 4.49. The number of halogens is 1. The van der Waals surface area contributed by atoms with Crippen LogP contribution in [0.2, 0.25) is 5.02 Å². The molecule has 0 N–H and O–H groups in total. The summed E-state index contributed by atoms with van der Waals surface area (Å²) in [7, 11) is 3.34. The van der Waals surface area contributed by atoms with Crippen molar-refractivity contribution in [2.24, 2.45) is 0 Å². The van der Waals surface area contributed by atoms with Gasteiger partial charge in [-0.25, -0.2) is 0 Å². The molecule has 3 aromatic carbocycles. The molecule has 0 fully saturated rings. The molecule has 0 aromatic heterocycles. The van der Waals surface area contributed by atoms with Crippen LogP contribution in [0.25, 0.3) is 0 Å². The van der Waals surface area contributed by atoms with Crippen molar-refractivity contribution in [1.29, 1.82) is 0 Å². The molecule has 1 heterocycles. The molecule has 0 spiro atoms. The lowest BCUT2D eigenvalue weighted by Crippen LogP contribution is -2.46. The second kappa shape index (κ2) is 12.0. The number of ether oxygens (including phenoxy) is 2. The third-order valence-electron chi connectivity index (χ3n) is 6.45. The summed E-state index contributed by atoms with van der Waals surface area (Å²) in [4.78, 5) is 30.6. The van der Waals surface area contributed by atoms with Gasteiger partial charge in [-0.2, -0.15) is 0 Å². The summed E-state index contributed by atoms with van der Waals surface area (Å²) in [6.07, 6.45) is 2.11. The zero-order valence-electron chi connectivity index (χ0n) is 20.7. The molecule has 36 heavy (non-hydrogen) atoms. The van der Waals surface area contributed by atoms with Crippen molar-refractivity contribution in [2.45, 2.75) is 25.3 Å². The zero-order chi connectivity index (χ0) is 25.5. The van der Waals surface area contributed by atoms with E-state index in [2.05, 4.69) is 0 Å². The summed E-state index contributed by atoms with van der Waals surface area (Å²) in [5.74, 6) is 0.766. The number of carbonyl (C=O) groups is 2. The van der Waals surface area contributed by atoms with E-state index >= 15 is 0 Å². The number of nitrogens with zero attached hydrogens (tertiary/aromatic N) is 2. The quantitative estimate of drug-likeness (QED) is 0.479. The maximum Gasteiger partial charge on any atom is 0.257 e. The van der Waals surface area contributed by atoms with Gasteiger partial charge in [0.2, 0.25) is 0 Å².